The van der Waals surface area contributed by atoms with Gasteiger partial charge in [0, 0.05) is 31.4 Å². The highest BCUT2D eigenvalue weighted by molar-refractivity contribution is 5.77. The average Bonchev–Trinajstić information content (AvgIpc) is 2.89. The second-order valence-corrected chi connectivity index (χ2v) is 5.73. The molecular weight excluding hydrogens is 238 g/mol. The van der Waals surface area contributed by atoms with Gasteiger partial charge in [-0.05, 0) is 51.8 Å². The smallest absolute Gasteiger partial charge is 0.223 e. The third-order valence-corrected chi connectivity index (χ3v) is 4.13. The van der Waals surface area contributed by atoms with Gasteiger partial charge in [-0.3, -0.25) is 4.79 Å². The highest BCUT2D eigenvalue weighted by atomic mass is 16.2. The number of nitrogens with one attached hydrogen (secondary N) is 2. The van der Waals surface area contributed by atoms with Gasteiger partial charge in [0.05, 0.1) is 5.54 Å². The molecule has 0 saturated carbocycles. The van der Waals surface area contributed by atoms with Crippen molar-refractivity contribution in [1.29, 1.82) is 0 Å². The Kier molecular flexibility index (Phi) is 4.64. The molecule has 0 aromatic carbocycles. The number of H-pyrrole nitrogens is 1. The van der Waals surface area contributed by atoms with E-state index >= 15 is 0 Å². The summed E-state index contributed by atoms with van der Waals surface area (Å²) in [6, 6.07) is 4.02. The molecule has 0 spiro atoms. The topological polar surface area (TPSA) is 48.1 Å². The number of hydrogen-bond donors (Lipinski definition) is 2. The highest BCUT2D eigenvalue weighted by Crippen LogP contribution is 2.28. The Morgan fingerprint density at radius 1 is 1.53 bits per heavy atom. The van der Waals surface area contributed by atoms with Crippen LogP contribution in [0.2, 0.25) is 0 Å². The number of amides is 1. The maximum absolute atomic E-state index is 12.5. The molecule has 19 heavy (non-hydrogen) atoms. The summed E-state index contributed by atoms with van der Waals surface area (Å²) in [6.45, 7) is 3.98. The summed E-state index contributed by atoms with van der Waals surface area (Å²) in [7, 11) is 1.96. The van der Waals surface area contributed by atoms with Gasteiger partial charge in [0.15, 0.2) is 0 Å². The van der Waals surface area contributed by atoms with E-state index < -0.39 is 0 Å². The Morgan fingerprint density at radius 3 is 3.05 bits per heavy atom. The number of likely N-dealkylation sites (tertiary alicyclic amines) is 1. The third-order valence-electron chi connectivity index (χ3n) is 4.13. The van der Waals surface area contributed by atoms with E-state index in [0.29, 0.717) is 6.42 Å². The number of nitrogens with zero attached hydrogens (tertiary/aromatic N) is 1. The van der Waals surface area contributed by atoms with Gasteiger partial charge in [-0.2, -0.15) is 0 Å². The van der Waals surface area contributed by atoms with Crippen LogP contribution in [0.25, 0.3) is 0 Å². The third kappa shape index (κ3) is 3.38. The van der Waals surface area contributed by atoms with Crippen LogP contribution in [0.3, 0.4) is 0 Å². The number of rotatable bonds is 5. The molecule has 2 rings (SSSR count). The SMILES string of the molecule is CNCC1(C)CCCCN1C(=O)CCc1ccc[nH]1. The molecule has 1 aromatic rings. The molecule has 1 fully saturated rings. The molecule has 1 aliphatic rings. The quantitative estimate of drug-likeness (QED) is 0.853. The number of piperidine rings is 1. The normalized spacial score (nSPS) is 23.6. The lowest BCUT2D eigenvalue weighted by molar-refractivity contribution is -0.139. The van der Waals surface area contributed by atoms with Gasteiger partial charge in [0.2, 0.25) is 5.91 Å². The zero-order valence-corrected chi connectivity index (χ0v) is 12.0. The Bertz CT molecular complexity index is 398. The largest absolute Gasteiger partial charge is 0.365 e. The molecule has 106 valence electrons. The summed E-state index contributed by atoms with van der Waals surface area (Å²) in [5.74, 6) is 0.284. The summed E-state index contributed by atoms with van der Waals surface area (Å²) < 4.78 is 0. The van der Waals surface area contributed by atoms with Crippen molar-refractivity contribution in [2.75, 3.05) is 20.1 Å². The van der Waals surface area contributed by atoms with Gasteiger partial charge in [-0.15, -0.1) is 0 Å². The molecule has 1 atom stereocenters. The molecular formula is C15H25N3O. The summed E-state index contributed by atoms with van der Waals surface area (Å²) >= 11 is 0. The van der Waals surface area contributed by atoms with E-state index in [1.165, 1.54) is 6.42 Å². The first-order valence-electron chi connectivity index (χ1n) is 7.23. The summed E-state index contributed by atoms with van der Waals surface area (Å²) in [6.07, 6.45) is 6.76. The van der Waals surface area contributed by atoms with Gasteiger partial charge >= 0.3 is 0 Å². The van der Waals surface area contributed by atoms with Gasteiger partial charge in [-0.1, -0.05) is 0 Å². The predicted octanol–water partition coefficient (Wildman–Crippen LogP) is 1.94. The van der Waals surface area contributed by atoms with Gasteiger partial charge in [-0.25, -0.2) is 0 Å². The molecule has 1 saturated heterocycles. The number of aryl methyl sites for hydroxylation is 1. The molecule has 0 bridgehead atoms. The molecule has 1 aromatic heterocycles. The zero-order chi connectivity index (χ0) is 13.7. The van der Waals surface area contributed by atoms with Crippen molar-refractivity contribution in [1.82, 2.24) is 15.2 Å². The first-order valence-corrected chi connectivity index (χ1v) is 7.23. The number of carbonyl (C=O) groups excluding carboxylic acids is 1. The minimum Gasteiger partial charge on any atom is -0.365 e. The summed E-state index contributed by atoms with van der Waals surface area (Å²) in [5, 5.41) is 3.23. The van der Waals surface area contributed by atoms with Crippen LogP contribution in [0.1, 0.15) is 38.3 Å². The van der Waals surface area contributed by atoms with Crippen molar-refractivity contribution in [3.05, 3.63) is 24.0 Å². The minimum absolute atomic E-state index is 0.0141. The lowest BCUT2D eigenvalue weighted by atomic mass is 9.88. The molecule has 2 N–H and O–H groups in total. The van der Waals surface area contributed by atoms with Gasteiger partial charge in [0.1, 0.15) is 0 Å². The van der Waals surface area contributed by atoms with Crippen LogP contribution < -0.4 is 5.32 Å². The van der Waals surface area contributed by atoms with Crippen molar-refractivity contribution in [2.24, 2.45) is 0 Å². The lowest BCUT2D eigenvalue weighted by Crippen LogP contribution is -2.57. The minimum atomic E-state index is -0.0141. The second-order valence-electron chi connectivity index (χ2n) is 5.73. The molecule has 4 heteroatoms. The second kappa shape index (κ2) is 6.24. The van der Waals surface area contributed by atoms with Crippen LogP contribution in [-0.2, 0) is 11.2 Å². The van der Waals surface area contributed by atoms with Crippen molar-refractivity contribution in [3.8, 4) is 0 Å². The molecule has 1 aliphatic heterocycles. The number of aromatic amines is 1. The fraction of sp³-hybridized carbons (Fsp3) is 0.667. The zero-order valence-electron chi connectivity index (χ0n) is 12.0. The van der Waals surface area contributed by atoms with Crippen molar-refractivity contribution < 1.29 is 4.79 Å². The molecule has 1 amide bonds. The van der Waals surface area contributed by atoms with E-state index in [-0.39, 0.29) is 11.4 Å². The van der Waals surface area contributed by atoms with Gasteiger partial charge < -0.3 is 15.2 Å². The van der Waals surface area contributed by atoms with Crippen LogP contribution in [0.15, 0.2) is 18.3 Å². The number of likely N-dealkylation sites (N-methyl/N-ethyl adjacent to an activating group) is 1. The number of hydrogen-bond acceptors (Lipinski definition) is 2. The number of carbonyl (C=O) groups is 1. The summed E-state index contributed by atoms with van der Waals surface area (Å²) in [4.78, 5) is 17.7. The molecule has 4 nitrogen and oxygen atoms in total. The van der Waals surface area contributed by atoms with Crippen molar-refractivity contribution in [3.63, 3.8) is 0 Å². The first kappa shape index (κ1) is 14.1. The standard InChI is InChI=1S/C15H25N3O/c1-15(12-16-2)9-3-4-11-18(15)14(19)8-7-13-6-5-10-17-13/h5-6,10,16-17H,3-4,7-9,11-12H2,1-2H3. The average molecular weight is 263 g/mol. The van der Waals surface area contributed by atoms with E-state index in [1.54, 1.807) is 0 Å². The van der Waals surface area contributed by atoms with Gasteiger partial charge in [0.25, 0.3) is 0 Å². The fourth-order valence-electron chi connectivity index (χ4n) is 3.07. The van der Waals surface area contributed by atoms with Crippen LogP contribution in [-0.4, -0.2) is 41.5 Å². The fourth-order valence-corrected chi connectivity index (χ4v) is 3.07. The van der Waals surface area contributed by atoms with Crippen LogP contribution in [0.5, 0.6) is 0 Å². The predicted molar refractivity (Wildman–Crippen MR) is 77.0 cm³/mol. The molecule has 1 unspecified atom stereocenters. The van der Waals surface area contributed by atoms with Crippen molar-refractivity contribution in [2.45, 2.75) is 44.6 Å². The van der Waals surface area contributed by atoms with Crippen LogP contribution in [0.4, 0.5) is 0 Å². The Balaban J connectivity index is 1.95. The monoisotopic (exact) mass is 263 g/mol. The molecule has 0 aliphatic carbocycles. The van der Waals surface area contributed by atoms with E-state index in [1.807, 2.05) is 25.4 Å². The van der Waals surface area contributed by atoms with E-state index in [4.69, 9.17) is 0 Å². The summed E-state index contributed by atoms with van der Waals surface area (Å²) in [5.41, 5.74) is 1.13. The maximum atomic E-state index is 12.5. The Hall–Kier alpha value is -1.29. The Morgan fingerprint density at radius 2 is 2.37 bits per heavy atom. The maximum Gasteiger partial charge on any atom is 0.223 e. The lowest BCUT2D eigenvalue weighted by Gasteiger charge is -2.45. The highest BCUT2D eigenvalue weighted by Gasteiger charge is 2.36. The van der Waals surface area contributed by atoms with E-state index in [9.17, 15) is 4.79 Å². The van der Waals surface area contributed by atoms with Crippen molar-refractivity contribution >= 4 is 5.91 Å². The van der Waals surface area contributed by atoms with Crippen LogP contribution >= 0.6 is 0 Å². The number of aromatic nitrogens is 1. The van der Waals surface area contributed by atoms with E-state index in [0.717, 1.165) is 38.0 Å². The Labute approximate surface area is 115 Å². The van der Waals surface area contributed by atoms with E-state index in [2.05, 4.69) is 22.1 Å². The molecule has 0 radical (unpaired) electrons. The molecule has 2 heterocycles. The van der Waals surface area contributed by atoms with Crippen LogP contribution in [0, 0.1) is 0 Å². The first-order chi connectivity index (χ1) is 9.15.